The van der Waals surface area contributed by atoms with Gasteiger partial charge in [-0.15, -0.1) is 0 Å². The molecule has 0 radical (unpaired) electrons. The summed E-state index contributed by atoms with van der Waals surface area (Å²) in [7, 11) is 1.46. The number of halogens is 2. The van der Waals surface area contributed by atoms with Gasteiger partial charge in [-0.25, -0.2) is 4.79 Å². The maximum absolute atomic E-state index is 16.4. The second kappa shape index (κ2) is 38.5. The lowest BCUT2D eigenvalue weighted by Gasteiger charge is -2.46. The SMILES string of the molecule is CN[C@H](CC(C)C)C(=O)NC1C(=O)N[C@@H](CC(N)=O)C(=O)N[C@H]2C(=O)N[C@H]3C(=O)N[C@H](C(=O)N[C@@H](C(=O)O)c4cc(O)cc(O)c4-c4cc3ccc4O)[C@H](O[C@H]3C[C@H](N)[C@@H](O)[C@H](C)O3)c3ccc(c(Cl)c3)Oc3cc2cc(c3O[C@@H]2O[C@H](CO)[C@@H](O[C@@H]3O[C@H](CNCCSCc4ccco4)[C@H](O)[C@H](O)[C@H]3O)[C@H](O)[C@H]2O)Oc2ccc(cc2Cl)[C@H]1O. The van der Waals surface area contributed by atoms with Gasteiger partial charge in [-0.2, -0.15) is 11.8 Å². The lowest BCUT2D eigenvalue weighted by Crippen LogP contribution is -2.65. The van der Waals surface area contributed by atoms with Crippen LogP contribution >= 0.6 is 35.0 Å². The highest BCUT2D eigenvalue weighted by Gasteiger charge is 2.53. The smallest absolute Gasteiger partial charge is 0.330 e. The van der Waals surface area contributed by atoms with E-state index >= 15 is 24.0 Å². The summed E-state index contributed by atoms with van der Waals surface area (Å²) in [6.07, 6.45) is -27.1. The number of hydrogen-bond donors (Lipinski definition) is 22. The number of aliphatic hydroxyl groups is 8. The van der Waals surface area contributed by atoms with Crippen LogP contribution in [0, 0.1) is 5.92 Å². The summed E-state index contributed by atoms with van der Waals surface area (Å²) < 4.78 is 56.2. The maximum atomic E-state index is 16.4. The molecule has 1 aromatic heterocycles. The molecule has 9 heterocycles. The molecule has 8 aliphatic rings. The quantitative estimate of drug-likeness (QED) is 0.0387. The van der Waals surface area contributed by atoms with Crippen molar-refractivity contribution in [2.75, 3.05) is 32.5 Å². The topological polar surface area (TPSA) is 615 Å². The molecule has 6 aromatic rings. The van der Waals surface area contributed by atoms with Crippen LogP contribution in [-0.2, 0) is 67.8 Å². The van der Waals surface area contributed by atoms with Gasteiger partial charge in [0.1, 0.15) is 126 Å². The molecule has 120 heavy (non-hydrogen) atoms. The number of phenolic OH excluding ortho intramolecular Hbond substituents is 3. The third-order valence-electron chi connectivity index (χ3n) is 20.9. The van der Waals surface area contributed by atoms with E-state index in [2.05, 4.69) is 42.5 Å². The van der Waals surface area contributed by atoms with Crippen molar-refractivity contribution >= 4 is 82.3 Å². The summed E-state index contributed by atoms with van der Waals surface area (Å²) in [4.78, 5) is 120. The summed E-state index contributed by atoms with van der Waals surface area (Å²) in [5.41, 5.74) is 9.29. The minimum atomic E-state index is -2.41. The lowest BCUT2D eigenvalue weighted by molar-refractivity contribution is -0.350. The van der Waals surface area contributed by atoms with Crippen LogP contribution < -0.4 is 68.2 Å². The van der Waals surface area contributed by atoms with Crippen molar-refractivity contribution in [3.05, 3.63) is 141 Å². The van der Waals surface area contributed by atoms with Gasteiger partial charge in [-0.1, -0.05) is 55.2 Å². The number of aromatic hydroxyl groups is 3. The normalized spacial score (nSPS) is 29.9. The molecular formula is C78H92Cl2N10O29S. The third-order valence-corrected chi connectivity index (χ3v) is 22.5. The van der Waals surface area contributed by atoms with Gasteiger partial charge in [0.25, 0.3) is 0 Å². The predicted molar refractivity (Wildman–Crippen MR) is 418 cm³/mol. The number of carboxylic acid groups (broad SMARTS) is 1. The number of hydrogen-bond acceptors (Lipinski definition) is 32. The fraction of sp³-hybridized carbons (Fsp3) is 0.462. The molecule has 14 rings (SSSR count). The highest BCUT2D eigenvalue weighted by molar-refractivity contribution is 7.98. The fourth-order valence-corrected chi connectivity index (χ4v) is 15.9. The number of benzene rings is 5. The summed E-state index contributed by atoms with van der Waals surface area (Å²) >= 11 is 16.0. The van der Waals surface area contributed by atoms with Crippen molar-refractivity contribution in [3.63, 3.8) is 0 Å². The molecule has 3 fully saturated rings. The Morgan fingerprint density at radius 2 is 1.32 bits per heavy atom. The zero-order valence-electron chi connectivity index (χ0n) is 64.4. The van der Waals surface area contributed by atoms with E-state index in [1.165, 1.54) is 37.9 Å². The number of likely N-dealkylation sites (N-methyl/N-ethyl adjacent to an activating group) is 1. The average molecular weight is 1740 g/mol. The number of phenols is 3. The van der Waals surface area contributed by atoms with Gasteiger partial charge in [0.2, 0.25) is 53.4 Å². The van der Waals surface area contributed by atoms with E-state index in [9.17, 15) is 75.7 Å². The van der Waals surface area contributed by atoms with Crippen LogP contribution in [0.25, 0.3) is 11.1 Å². The van der Waals surface area contributed by atoms with Gasteiger partial charge in [0.05, 0.1) is 53.3 Å². The molecule has 8 aliphatic heterocycles. The molecule has 0 saturated carbocycles. The number of aliphatic carboxylic acids is 1. The van der Waals surface area contributed by atoms with Crippen LogP contribution in [0.4, 0.5) is 0 Å². The minimum absolute atomic E-state index is 0.114. The van der Waals surface area contributed by atoms with Crippen LogP contribution in [0.5, 0.6) is 46.0 Å². The molecule has 1 unspecified atom stereocenters. The highest BCUT2D eigenvalue weighted by atomic mass is 35.5. The molecule has 648 valence electrons. The Morgan fingerprint density at radius 1 is 0.675 bits per heavy atom. The van der Waals surface area contributed by atoms with Crippen LogP contribution in [0.2, 0.25) is 10.0 Å². The van der Waals surface area contributed by atoms with E-state index in [1.807, 2.05) is 6.07 Å². The van der Waals surface area contributed by atoms with Gasteiger partial charge in [-0.05, 0) is 115 Å². The first-order chi connectivity index (χ1) is 57.1. The van der Waals surface area contributed by atoms with Crippen molar-refractivity contribution < 1.29 is 142 Å². The molecule has 11 bridgehead atoms. The second-order valence-corrected chi connectivity index (χ2v) is 31.8. The monoisotopic (exact) mass is 1730 g/mol. The fourth-order valence-electron chi connectivity index (χ4n) is 14.7. The van der Waals surface area contributed by atoms with E-state index in [0.29, 0.717) is 18.1 Å². The zero-order chi connectivity index (χ0) is 86.6. The Kier molecular flexibility index (Phi) is 28.7. The molecule has 39 nitrogen and oxygen atoms in total. The molecule has 5 aromatic carbocycles. The summed E-state index contributed by atoms with van der Waals surface area (Å²) in [5.74, 6) is -14.7. The standard InChI is InChI=1S/C78H92Cl2N10O29S/c1-29(2)16-42(83-4)70(103)89-58-61(97)32-8-11-46(39(79)18-32)113-48-20-34-21-49(68(48)118-78-66(102)64(100)69(51(27-91)116-78)119-77-65(101)63(99)62(98)50(115-77)26-84-13-15-120-28-36-6-5-14-111-36)114-47-12-9-33(19-40(47)80)67(117-53-24-41(81)60(96)30(3)112-53)59-75(108)88-57(76(109)110)38-22-35(92)23-45(94)54(38)37-17-31(7-10-44(37)93)55(72(105)90-59)87-73(106)56(34)86-71(104)43(25-52(82)95)85-74(58)107/h5-12,14,17-23,29-30,41-43,50-51,53,55-67,69,77-78,83-84,91-94,96-102H,13,15-16,24-28,81H2,1-4H3,(H2,82,95)(H,85,107)(H,86,104)(H,87,106)(H,88,108)(H,89,103)(H,90,105)(H,109,110)/t30-,41-,42+,43-,50+,51+,53-,55+,56+,57+,58?,59-,60-,61+,62-,63-,64+,65+,66+,67+,69+,77-,78-/m0/s1. The Morgan fingerprint density at radius 3 is 1.97 bits per heavy atom. The number of carbonyl (C=O) groups excluding carboxylic acids is 7. The average Bonchev–Trinajstić information content (AvgIpc) is 0.775. The Bertz CT molecular complexity index is 4760. The lowest BCUT2D eigenvalue weighted by atomic mass is 9.89. The van der Waals surface area contributed by atoms with Gasteiger partial charge in [0, 0.05) is 54.1 Å². The number of furan rings is 1. The number of ether oxygens (including phenoxy) is 8. The molecule has 3 saturated heterocycles. The number of carboxylic acids is 1. The zero-order valence-corrected chi connectivity index (χ0v) is 66.7. The largest absolute Gasteiger partial charge is 0.508 e. The van der Waals surface area contributed by atoms with Gasteiger partial charge >= 0.3 is 5.97 Å². The number of nitrogens with two attached hydrogens (primary N) is 2. The van der Waals surface area contributed by atoms with Crippen LogP contribution in [0.15, 0.2) is 102 Å². The minimum Gasteiger partial charge on any atom is -0.508 e. The van der Waals surface area contributed by atoms with Crippen molar-refractivity contribution in [2.24, 2.45) is 17.4 Å². The van der Waals surface area contributed by atoms with E-state index < -0.39 is 279 Å². The number of primary amides is 1. The number of thioether (sulfide) groups is 1. The van der Waals surface area contributed by atoms with Gasteiger partial charge in [0.15, 0.2) is 30.1 Å². The number of nitrogens with one attached hydrogen (secondary N) is 8. The molecule has 42 heteroatoms. The summed E-state index contributed by atoms with van der Waals surface area (Å²) in [5, 5.41) is 158. The van der Waals surface area contributed by atoms with E-state index in [0.717, 1.165) is 72.5 Å². The van der Waals surface area contributed by atoms with E-state index in [1.54, 1.807) is 26.2 Å². The first-order valence-corrected chi connectivity index (χ1v) is 39.9. The van der Waals surface area contributed by atoms with E-state index in [4.69, 9.17) is 77.0 Å². The van der Waals surface area contributed by atoms with Crippen molar-refractivity contribution in [1.29, 1.82) is 0 Å². The number of amides is 7. The molecule has 0 aliphatic carbocycles. The van der Waals surface area contributed by atoms with Gasteiger partial charge in [-0.3, -0.25) is 33.6 Å². The van der Waals surface area contributed by atoms with Crippen LogP contribution in [0.1, 0.15) is 104 Å². The summed E-state index contributed by atoms with van der Waals surface area (Å²) in [6, 6.07) is 1.54. The maximum Gasteiger partial charge on any atom is 0.330 e. The van der Waals surface area contributed by atoms with E-state index in [-0.39, 0.29) is 42.0 Å². The van der Waals surface area contributed by atoms with Gasteiger partial charge < -0.3 is 158 Å². The van der Waals surface area contributed by atoms with Crippen molar-refractivity contribution in [3.8, 4) is 57.1 Å². The molecule has 24 N–H and O–H groups in total. The Balaban J connectivity index is 1.03. The second-order valence-electron chi connectivity index (χ2n) is 29.9. The highest BCUT2D eigenvalue weighted by Crippen LogP contribution is 2.50. The molecular weight excluding hydrogens is 1640 g/mol. The number of carbonyl (C=O) groups is 8. The first kappa shape index (κ1) is 89.5. The molecule has 7 amide bonds. The first-order valence-electron chi connectivity index (χ1n) is 38.0. The van der Waals surface area contributed by atoms with Crippen molar-refractivity contribution in [1.82, 2.24) is 42.5 Å². The Labute approximate surface area is 697 Å². The number of fused-ring (bicyclic) bond motifs is 15. The summed E-state index contributed by atoms with van der Waals surface area (Å²) in [6.45, 7) is 4.22. The third kappa shape index (κ3) is 20.0. The molecule has 23 atom stereocenters. The predicted octanol–water partition coefficient (Wildman–Crippen LogP) is -0.336. The van der Waals surface area contributed by atoms with Crippen LogP contribution in [-0.4, -0.2) is 251 Å². The number of rotatable bonds is 22. The molecule has 0 spiro atoms. The number of aliphatic hydroxyl groups excluding tert-OH is 8. The van der Waals surface area contributed by atoms with Crippen LogP contribution in [0.3, 0.4) is 0 Å². The van der Waals surface area contributed by atoms with Crippen molar-refractivity contribution in [2.45, 2.75) is 186 Å². The Hall–Kier alpha value is -9.77.